The molecule has 1 fully saturated rings. The number of benzene rings is 2. The van der Waals surface area contributed by atoms with E-state index in [2.05, 4.69) is 0 Å². The molecule has 1 unspecified atom stereocenters. The predicted molar refractivity (Wildman–Crippen MR) is 122 cm³/mol. The molecule has 2 aliphatic rings. The van der Waals surface area contributed by atoms with Crippen molar-refractivity contribution in [1.82, 2.24) is 14.5 Å². The maximum absolute atomic E-state index is 13.1. The SMILES string of the molecule is O=C1c2ccccc2C(=O)N1CCCSc1nc2ccccc2c(=O)n1CC1CCCO1. The Kier molecular flexibility index (Phi) is 5.80. The van der Waals surface area contributed by atoms with E-state index >= 15 is 0 Å². The van der Waals surface area contributed by atoms with Gasteiger partial charge < -0.3 is 4.74 Å². The number of aromatic nitrogens is 2. The van der Waals surface area contributed by atoms with Gasteiger partial charge >= 0.3 is 0 Å². The van der Waals surface area contributed by atoms with Gasteiger partial charge in [-0.2, -0.15) is 0 Å². The molecule has 2 aliphatic heterocycles. The van der Waals surface area contributed by atoms with Crippen LogP contribution in [0.5, 0.6) is 0 Å². The summed E-state index contributed by atoms with van der Waals surface area (Å²) >= 11 is 1.48. The summed E-state index contributed by atoms with van der Waals surface area (Å²) in [4.78, 5) is 44.3. The minimum Gasteiger partial charge on any atom is -0.376 e. The number of carbonyl (C=O) groups excluding carboxylic acids is 2. The van der Waals surface area contributed by atoms with Gasteiger partial charge in [0.25, 0.3) is 17.4 Å². The molecule has 1 aromatic heterocycles. The van der Waals surface area contributed by atoms with Crippen molar-refractivity contribution in [1.29, 1.82) is 0 Å². The number of thioether (sulfide) groups is 1. The van der Waals surface area contributed by atoms with Crippen molar-refractivity contribution in [3.63, 3.8) is 0 Å². The number of nitrogens with zero attached hydrogens (tertiary/aromatic N) is 3. The second kappa shape index (κ2) is 8.88. The first kappa shape index (κ1) is 20.9. The lowest BCUT2D eigenvalue weighted by Crippen LogP contribution is -2.31. The highest BCUT2D eigenvalue weighted by molar-refractivity contribution is 7.99. The summed E-state index contributed by atoms with van der Waals surface area (Å²) < 4.78 is 7.46. The van der Waals surface area contributed by atoms with Gasteiger partial charge in [0.15, 0.2) is 5.16 Å². The Morgan fingerprint density at radius 2 is 1.72 bits per heavy atom. The molecular formula is C24H23N3O4S. The molecule has 1 saturated heterocycles. The monoisotopic (exact) mass is 449 g/mol. The molecule has 8 heteroatoms. The van der Waals surface area contributed by atoms with Crippen LogP contribution in [0.4, 0.5) is 0 Å². The first-order chi connectivity index (χ1) is 15.6. The summed E-state index contributed by atoms with van der Waals surface area (Å²) in [6.07, 6.45) is 2.57. The predicted octanol–water partition coefficient (Wildman–Crippen LogP) is 3.35. The van der Waals surface area contributed by atoms with Crippen LogP contribution in [0, 0.1) is 0 Å². The van der Waals surface area contributed by atoms with Crippen LogP contribution < -0.4 is 5.56 Å². The molecule has 2 amide bonds. The standard InChI is InChI=1S/C24H23N3O4S/c28-21-17-8-1-2-9-18(17)22(29)26(21)12-6-14-32-24-25-20-11-4-3-10-19(20)23(30)27(24)15-16-7-5-13-31-16/h1-4,8-11,16H,5-7,12-15H2. The van der Waals surface area contributed by atoms with Gasteiger partial charge in [-0.3, -0.25) is 23.9 Å². The Balaban J connectivity index is 1.30. The Morgan fingerprint density at radius 1 is 1.00 bits per heavy atom. The fourth-order valence-corrected chi connectivity index (χ4v) is 5.17. The number of carbonyl (C=O) groups is 2. The van der Waals surface area contributed by atoms with E-state index in [1.54, 1.807) is 34.9 Å². The van der Waals surface area contributed by atoms with Crippen molar-refractivity contribution in [3.05, 3.63) is 70.0 Å². The van der Waals surface area contributed by atoms with Crippen LogP contribution >= 0.6 is 11.8 Å². The Bertz CT molecular complexity index is 1210. The molecule has 1 atom stereocenters. The first-order valence-corrected chi connectivity index (χ1v) is 11.8. The van der Waals surface area contributed by atoms with Crippen molar-refractivity contribution in [2.24, 2.45) is 0 Å². The number of hydrogen-bond donors (Lipinski definition) is 0. The van der Waals surface area contributed by atoms with Crippen LogP contribution in [0.3, 0.4) is 0 Å². The van der Waals surface area contributed by atoms with E-state index in [4.69, 9.17) is 9.72 Å². The topological polar surface area (TPSA) is 81.5 Å². The van der Waals surface area contributed by atoms with E-state index in [9.17, 15) is 14.4 Å². The Morgan fingerprint density at radius 3 is 2.44 bits per heavy atom. The number of rotatable bonds is 7. The highest BCUT2D eigenvalue weighted by Crippen LogP contribution is 2.24. The van der Waals surface area contributed by atoms with E-state index < -0.39 is 0 Å². The molecule has 5 rings (SSSR count). The summed E-state index contributed by atoms with van der Waals surface area (Å²) in [5, 5.41) is 1.24. The molecule has 32 heavy (non-hydrogen) atoms. The Hall–Kier alpha value is -2.97. The maximum atomic E-state index is 13.1. The quantitative estimate of drug-likeness (QED) is 0.238. The van der Waals surface area contributed by atoms with Gasteiger partial charge in [0.1, 0.15) is 0 Å². The lowest BCUT2D eigenvalue weighted by atomic mass is 10.1. The van der Waals surface area contributed by atoms with Crippen molar-refractivity contribution in [2.45, 2.75) is 37.1 Å². The molecule has 0 saturated carbocycles. The minimum absolute atomic E-state index is 0.0216. The zero-order valence-electron chi connectivity index (χ0n) is 17.5. The third-order valence-electron chi connectivity index (χ3n) is 5.87. The smallest absolute Gasteiger partial charge is 0.262 e. The number of para-hydroxylation sites is 1. The first-order valence-electron chi connectivity index (χ1n) is 10.8. The second-order valence-corrected chi connectivity index (χ2v) is 9.03. The van der Waals surface area contributed by atoms with Crippen molar-refractivity contribution in [2.75, 3.05) is 18.9 Å². The van der Waals surface area contributed by atoms with Crippen LogP contribution in [-0.2, 0) is 11.3 Å². The lowest BCUT2D eigenvalue weighted by molar-refractivity contribution is 0.0654. The van der Waals surface area contributed by atoms with Crippen molar-refractivity contribution >= 4 is 34.5 Å². The van der Waals surface area contributed by atoms with Crippen molar-refractivity contribution < 1.29 is 14.3 Å². The van der Waals surface area contributed by atoms with Crippen LogP contribution in [-0.4, -0.2) is 51.3 Å². The molecule has 164 valence electrons. The van der Waals surface area contributed by atoms with Crippen LogP contribution in [0.1, 0.15) is 40.0 Å². The van der Waals surface area contributed by atoms with E-state index in [-0.39, 0.29) is 23.5 Å². The van der Waals surface area contributed by atoms with E-state index in [1.807, 2.05) is 18.2 Å². The zero-order chi connectivity index (χ0) is 22.1. The number of amides is 2. The van der Waals surface area contributed by atoms with Gasteiger partial charge in [0.05, 0.1) is 34.7 Å². The summed E-state index contributed by atoms with van der Waals surface area (Å²) in [7, 11) is 0. The van der Waals surface area contributed by atoms with Crippen molar-refractivity contribution in [3.8, 4) is 0 Å². The summed E-state index contributed by atoms with van der Waals surface area (Å²) in [5.41, 5.74) is 1.54. The van der Waals surface area contributed by atoms with Crippen LogP contribution in [0.25, 0.3) is 10.9 Å². The average Bonchev–Trinajstić information content (AvgIpc) is 3.41. The fraction of sp³-hybridized carbons (Fsp3) is 0.333. The van der Waals surface area contributed by atoms with Gasteiger partial charge in [-0.15, -0.1) is 0 Å². The van der Waals surface area contributed by atoms with Gasteiger partial charge in [0.2, 0.25) is 0 Å². The van der Waals surface area contributed by atoms with E-state index in [1.165, 1.54) is 16.7 Å². The molecule has 0 aliphatic carbocycles. The molecule has 3 aromatic rings. The molecule has 0 spiro atoms. The summed E-state index contributed by atoms with van der Waals surface area (Å²) in [6.45, 7) is 1.55. The van der Waals surface area contributed by atoms with Gasteiger partial charge in [-0.1, -0.05) is 36.0 Å². The second-order valence-electron chi connectivity index (χ2n) is 7.97. The van der Waals surface area contributed by atoms with Crippen LogP contribution in [0.2, 0.25) is 0 Å². The van der Waals surface area contributed by atoms with E-state index in [0.717, 1.165) is 19.4 Å². The number of ether oxygens (including phenoxy) is 1. The summed E-state index contributed by atoms with van der Waals surface area (Å²) in [5.74, 6) is 0.147. The molecule has 0 N–H and O–H groups in total. The lowest BCUT2D eigenvalue weighted by Gasteiger charge is -2.17. The van der Waals surface area contributed by atoms with Gasteiger partial charge in [0, 0.05) is 18.9 Å². The highest BCUT2D eigenvalue weighted by Gasteiger charge is 2.34. The molecule has 0 radical (unpaired) electrons. The van der Waals surface area contributed by atoms with E-state index in [0.29, 0.717) is 52.4 Å². The number of hydrogen-bond acceptors (Lipinski definition) is 6. The molecule has 0 bridgehead atoms. The summed E-state index contributed by atoms with van der Waals surface area (Å²) in [6, 6.07) is 14.3. The fourth-order valence-electron chi connectivity index (χ4n) is 4.24. The number of imide groups is 1. The van der Waals surface area contributed by atoms with Crippen LogP contribution in [0.15, 0.2) is 58.5 Å². The molecule has 3 heterocycles. The maximum Gasteiger partial charge on any atom is 0.262 e. The zero-order valence-corrected chi connectivity index (χ0v) is 18.3. The molecule has 7 nitrogen and oxygen atoms in total. The number of fused-ring (bicyclic) bond motifs is 2. The third kappa shape index (κ3) is 3.84. The Labute approximate surface area is 189 Å². The minimum atomic E-state index is -0.241. The normalized spacial score (nSPS) is 18.0. The largest absolute Gasteiger partial charge is 0.376 e. The molecular weight excluding hydrogens is 426 g/mol. The van der Waals surface area contributed by atoms with Gasteiger partial charge in [-0.05, 0) is 43.5 Å². The highest BCUT2D eigenvalue weighted by atomic mass is 32.2. The third-order valence-corrected chi connectivity index (χ3v) is 6.93. The van der Waals surface area contributed by atoms with Gasteiger partial charge in [-0.25, -0.2) is 4.98 Å². The average molecular weight is 450 g/mol. The molecule has 2 aromatic carbocycles.